The van der Waals surface area contributed by atoms with Gasteiger partial charge in [-0.25, -0.2) is 0 Å². The molecule has 2 nitrogen and oxygen atoms in total. The van der Waals surface area contributed by atoms with Crippen molar-refractivity contribution in [2.45, 2.75) is 0 Å². The zero-order valence-electron chi connectivity index (χ0n) is 4.38. The number of rotatable bonds is 0. The van der Waals surface area contributed by atoms with Gasteiger partial charge in [0.05, 0.1) is 0 Å². The van der Waals surface area contributed by atoms with E-state index in [-0.39, 0.29) is 0 Å². The second kappa shape index (κ2) is 6.29. The van der Waals surface area contributed by atoms with E-state index in [1.165, 1.54) is 0 Å². The SMILES string of the molecule is [O-][S+](Cl)Cl.c1cc[nH]c1. The van der Waals surface area contributed by atoms with E-state index >= 15 is 0 Å². The van der Waals surface area contributed by atoms with Gasteiger partial charge in [-0.3, -0.25) is 0 Å². The Morgan fingerprint density at radius 3 is 1.67 bits per heavy atom. The molecule has 0 aliphatic rings. The van der Waals surface area contributed by atoms with Crippen LogP contribution in [-0.2, 0) is 9.60 Å². The monoisotopic (exact) mass is 185 g/mol. The number of hydrogen-bond donors (Lipinski definition) is 1. The van der Waals surface area contributed by atoms with Gasteiger partial charge in [-0.15, -0.1) is 0 Å². The quantitative estimate of drug-likeness (QED) is 0.618. The van der Waals surface area contributed by atoms with Crippen molar-refractivity contribution in [2.24, 2.45) is 0 Å². The summed E-state index contributed by atoms with van der Waals surface area (Å²) in [6, 6.07) is 3.89. The second-order valence-corrected chi connectivity index (χ2v) is 3.59. The molecule has 1 N–H and O–H groups in total. The minimum Gasteiger partial charge on any atom is -0.582 e. The molecule has 0 saturated heterocycles. The van der Waals surface area contributed by atoms with Gasteiger partial charge in [0.2, 0.25) is 0 Å². The van der Waals surface area contributed by atoms with Crippen molar-refractivity contribution < 1.29 is 4.55 Å². The van der Waals surface area contributed by atoms with E-state index in [0.717, 1.165) is 0 Å². The highest BCUT2D eigenvalue weighted by molar-refractivity contribution is 8.31. The number of halogens is 2. The van der Waals surface area contributed by atoms with Crippen LogP contribution in [0.2, 0.25) is 0 Å². The predicted octanol–water partition coefficient (Wildman–Crippen LogP) is 2.06. The summed E-state index contributed by atoms with van der Waals surface area (Å²) in [4.78, 5) is 2.86. The summed E-state index contributed by atoms with van der Waals surface area (Å²) >= 11 is 0. The summed E-state index contributed by atoms with van der Waals surface area (Å²) in [6.07, 6.45) is 3.75. The number of nitrogens with one attached hydrogen (secondary N) is 1. The molecular formula is C4H5Cl2NOS. The van der Waals surface area contributed by atoms with Gasteiger partial charge in [0.1, 0.15) is 0 Å². The summed E-state index contributed by atoms with van der Waals surface area (Å²) in [7, 11) is 7.36. The molecule has 0 aliphatic heterocycles. The van der Waals surface area contributed by atoms with Gasteiger partial charge in [-0.1, -0.05) is 0 Å². The molecule has 1 heterocycles. The third-order valence-corrected chi connectivity index (χ3v) is 0.496. The Labute approximate surface area is 65.4 Å². The molecule has 0 aromatic carbocycles. The number of H-pyrrole nitrogens is 1. The zero-order chi connectivity index (χ0) is 7.11. The molecule has 0 fully saturated rings. The lowest BCUT2D eigenvalue weighted by Gasteiger charge is -1.73. The molecule has 0 amide bonds. The summed E-state index contributed by atoms with van der Waals surface area (Å²) in [5, 5.41) is 0. The molecule has 52 valence electrons. The maximum absolute atomic E-state index is 9.09. The largest absolute Gasteiger partial charge is 0.582 e. The van der Waals surface area contributed by atoms with Crippen LogP contribution in [0, 0.1) is 0 Å². The van der Waals surface area contributed by atoms with Gasteiger partial charge in [0.15, 0.2) is 31.0 Å². The Hall–Kier alpha value is 0.170. The molecule has 5 heteroatoms. The zero-order valence-corrected chi connectivity index (χ0v) is 6.71. The Kier molecular flexibility index (Phi) is 6.41. The molecule has 1 aromatic heterocycles. The highest BCUT2D eigenvalue weighted by Crippen LogP contribution is 1.98. The Morgan fingerprint density at radius 1 is 1.22 bits per heavy atom. The fourth-order valence-corrected chi connectivity index (χ4v) is 0.278. The van der Waals surface area contributed by atoms with Crippen molar-refractivity contribution in [1.82, 2.24) is 4.98 Å². The van der Waals surface area contributed by atoms with E-state index in [9.17, 15) is 0 Å². The molecule has 0 radical (unpaired) electrons. The molecule has 0 spiro atoms. The van der Waals surface area contributed by atoms with Crippen molar-refractivity contribution in [3.8, 4) is 0 Å². The van der Waals surface area contributed by atoms with Gasteiger partial charge in [0, 0.05) is 12.4 Å². The van der Waals surface area contributed by atoms with Crippen LogP contribution in [0.4, 0.5) is 0 Å². The standard InChI is InChI=1S/C4H5N.Cl2OS/c1-2-4-5-3-1;1-4(2)3/h1-5H;. The van der Waals surface area contributed by atoms with E-state index in [4.69, 9.17) is 4.55 Å². The summed E-state index contributed by atoms with van der Waals surface area (Å²) in [5.74, 6) is 0. The third-order valence-electron chi connectivity index (χ3n) is 0.496. The highest BCUT2D eigenvalue weighted by atomic mass is 36.0. The van der Waals surface area contributed by atoms with Crippen molar-refractivity contribution in [2.75, 3.05) is 0 Å². The molecule has 1 aromatic rings. The Morgan fingerprint density at radius 2 is 1.56 bits per heavy atom. The summed E-state index contributed by atoms with van der Waals surface area (Å²) < 4.78 is 9.09. The van der Waals surface area contributed by atoms with E-state index in [1.807, 2.05) is 24.5 Å². The average Bonchev–Trinajstić information content (AvgIpc) is 2.11. The first-order valence-electron chi connectivity index (χ1n) is 2.05. The van der Waals surface area contributed by atoms with Crippen LogP contribution in [0.5, 0.6) is 0 Å². The molecular weight excluding hydrogens is 181 g/mol. The molecule has 9 heavy (non-hydrogen) atoms. The lowest BCUT2D eigenvalue weighted by Crippen LogP contribution is -1.63. The number of aromatic nitrogens is 1. The maximum atomic E-state index is 9.09. The first-order valence-corrected chi connectivity index (χ1v) is 4.85. The van der Waals surface area contributed by atoms with Gasteiger partial charge < -0.3 is 9.54 Å². The van der Waals surface area contributed by atoms with Crippen molar-refractivity contribution in [3.63, 3.8) is 0 Å². The number of aromatic amines is 1. The van der Waals surface area contributed by atoms with Crippen LogP contribution < -0.4 is 0 Å². The van der Waals surface area contributed by atoms with Crippen LogP contribution in [-0.4, -0.2) is 9.54 Å². The average molecular weight is 186 g/mol. The van der Waals surface area contributed by atoms with E-state index in [0.29, 0.717) is 0 Å². The molecule has 0 bridgehead atoms. The van der Waals surface area contributed by atoms with Crippen molar-refractivity contribution >= 4 is 31.0 Å². The molecule has 0 unspecified atom stereocenters. The number of hydrogen-bond acceptors (Lipinski definition) is 1. The van der Waals surface area contributed by atoms with Gasteiger partial charge in [0.25, 0.3) is 0 Å². The van der Waals surface area contributed by atoms with E-state index < -0.39 is 9.60 Å². The van der Waals surface area contributed by atoms with Gasteiger partial charge in [-0.2, -0.15) is 0 Å². The van der Waals surface area contributed by atoms with Gasteiger partial charge in [-0.05, 0) is 12.1 Å². The third kappa shape index (κ3) is 11.6. The molecule has 0 saturated carbocycles. The highest BCUT2D eigenvalue weighted by Gasteiger charge is 1.83. The second-order valence-electron chi connectivity index (χ2n) is 1.07. The fourth-order valence-electron chi connectivity index (χ4n) is 0.278. The molecule has 1 rings (SSSR count). The smallest absolute Gasteiger partial charge is 0.198 e. The summed E-state index contributed by atoms with van der Waals surface area (Å²) in [5.41, 5.74) is 0. The topological polar surface area (TPSA) is 38.8 Å². The van der Waals surface area contributed by atoms with Gasteiger partial charge >= 0.3 is 0 Å². The van der Waals surface area contributed by atoms with Crippen LogP contribution in [0.3, 0.4) is 0 Å². The minimum absolute atomic E-state index is 1.67. The normalized spacial score (nSPS) is 8.44. The van der Waals surface area contributed by atoms with E-state index in [2.05, 4.69) is 26.3 Å². The van der Waals surface area contributed by atoms with Crippen LogP contribution in [0.25, 0.3) is 0 Å². The summed E-state index contributed by atoms with van der Waals surface area (Å²) in [6.45, 7) is 0. The Balaban J connectivity index is 0.000000148. The first kappa shape index (κ1) is 9.17. The molecule has 0 aliphatic carbocycles. The van der Waals surface area contributed by atoms with Crippen molar-refractivity contribution in [1.29, 1.82) is 0 Å². The fraction of sp³-hybridized carbons (Fsp3) is 0. The van der Waals surface area contributed by atoms with Crippen LogP contribution >= 0.6 is 21.4 Å². The van der Waals surface area contributed by atoms with E-state index in [1.54, 1.807) is 0 Å². The van der Waals surface area contributed by atoms with Crippen LogP contribution in [0.1, 0.15) is 0 Å². The van der Waals surface area contributed by atoms with Crippen LogP contribution in [0.15, 0.2) is 24.5 Å². The lowest BCUT2D eigenvalue weighted by atomic mass is 10.7. The lowest BCUT2D eigenvalue weighted by molar-refractivity contribution is 0.620. The maximum Gasteiger partial charge on any atom is 0.198 e. The molecule has 0 atom stereocenters. The van der Waals surface area contributed by atoms with Crippen molar-refractivity contribution in [3.05, 3.63) is 24.5 Å². The minimum atomic E-state index is -1.67. The first-order chi connectivity index (χ1) is 4.23. The Bertz CT molecular complexity index is 102. The predicted molar refractivity (Wildman–Crippen MR) is 40.6 cm³/mol.